The average molecular weight is 327 g/mol. The number of anilines is 2. The number of ether oxygens (including phenoxy) is 1. The molecule has 0 saturated heterocycles. The molecule has 2 aromatic rings. The van der Waals surface area contributed by atoms with Crippen molar-refractivity contribution in [2.24, 2.45) is 5.73 Å². The summed E-state index contributed by atoms with van der Waals surface area (Å²) in [5.41, 5.74) is 5.99. The van der Waals surface area contributed by atoms with Crippen LogP contribution in [0.15, 0.2) is 36.4 Å². The van der Waals surface area contributed by atoms with Crippen molar-refractivity contribution < 1.29 is 14.6 Å². The van der Waals surface area contributed by atoms with Gasteiger partial charge in [-0.25, -0.2) is 4.79 Å². The molecule has 0 bridgehead atoms. The van der Waals surface area contributed by atoms with E-state index >= 15 is 0 Å². The van der Waals surface area contributed by atoms with Crippen molar-refractivity contribution in [2.45, 2.75) is 0 Å². The summed E-state index contributed by atoms with van der Waals surface area (Å²) in [7, 11) is 1.53. The molecule has 0 aromatic heterocycles. The number of benzene rings is 2. The predicted molar refractivity (Wildman–Crippen MR) is 82.8 cm³/mol. The highest BCUT2D eigenvalue weighted by molar-refractivity contribution is 6.43. The molecule has 2 rings (SSSR count). The molecule has 0 unspecified atom stereocenters. The van der Waals surface area contributed by atoms with E-state index in [1.807, 2.05) is 0 Å². The molecule has 0 aliphatic rings. The van der Waals surface area contributed by atoms with Crippen LogP contribution in [-0.2, 0) is 0 Å². The van der Waals surface area contributed by atoms with Gasteiger partial charge in [-0.3, -0.25) is 4.90 Å². The lowest BCUT2D eigenvalue weighted by Crippen LogP contribution is -2.31. The van der Waals surface area contributed by atoms with Crippen LogP contribution in [-0.4, -0.2) is 18.2 Å². The minimum absolute atomic E-state index is 0.0473. The fourth-order valence-corrected chi connectivity index (χ4v) is 2.14. The summed E-state index contributed by atoms with van der Waals surface area (Å²) in [5.74, 6) is 0.306. The number of carbonyl (C=O) groups is 1. The molecule has 21 heavy (non-hydrogen) atoms. The normalized spacial score (nSPS) is 10.2. The van der Waals surface area contributed by atoms with E-state index < -0.39 is 6.03 Å². The number of hydrogen-bond acceptors (Lipinski definition) is 3. The number of nitrogens with zero attached hydrogens (tertiary/aromatic N) is 1. The summed E-state index contributed by atoms with van der Waals surface area (Å²) in [6.45, 7) is 0. The molecule has 0 saturated carbocycles. The maximum absolute atomic E-state index is 11.7. The Hall–Kier alpha value is -2.11. The first-order valence-corrected chi connectivity index (χ1v) is 6.62. The van der Waals surface area contributed by atoms with Crippen LogP contribution in [0.2, 0.25) is 10.0 Å². The van der Waals surface area contributed by atoms with Crippen molar-refractivity contribution in [3.8, 4) is 11.5 Å². The van der Waals surface area contributed by atoms with Gasteiger partial charge < -0.3 is 15.6 Å². The summed E-state index contributed by atoms with van der Waals surface area (Å²) >= 11 is 11.7. The maximum atomic E-state index is 11.7. The molecular weight excluding hydrogens is 315 g/mol. The molecule has 7 heteroatoms. The third-order valence-electron chi connectivity index (χ3n) is 2.84. The average Bonchev–Trinajstić information content (AvgIpc) is 2.48. The van der Waals surface area contributed by atoms with Gasteiger partial charge in [-0.15, -0.1) is 0 Å². The third kappa shape index (κ3) is 2.99. The van der Waals surface area contributed by atoms with Crippen molar-refractivity contribution in [2.75, 3.05) is 12.0 Å². The Morgan fingerprint density at radius 3 is 2.33 bits per heavy atom. The second-order valence-electron chi connectivity index (χ2n) is 4.10. The van der Waals surface area contributed by atoms with E-state index in [-0.39, 0.29) is 21.5 Å². The molecule has 5 nitrogen and oxygen atoms in total. The second kappa shape index (κ2) is 6.11. The minimum Gasteiger partial charge on any atom is -0.504 e. The first-order chi connectivity index (χ1) is 9.95. The number of rotatable bonds is 3. The van der Waals surface area contributed by atoms with Gasteiger partial charge in [0.15, 0.2) is 5.75 Å². The molecule has 110 valence electrons. The highest BCUT2D eigenvalue weighted by Crippen LogP contribution is 2.41. The number of phenolic OH excluding ortho intramolecular Hbond substituents is 1. The Labute approximate surface area is 131 Å². The number of phenols is 1. The number of primary amides is 1. The van der Waals surface area contributed by atoms with Crippen LogP contribution in [0.4, 0.5) is 16.2 Å². The van der Waals surface area contributed by atoms with Crippen LogP contribution in [0.3, 0.4) is 0 Å². The number of methoxy groups -OCH3 is 1. The van der Waals surface area contributed by atoms with Crippen LogP contribution in [0, 0.1) is 0 Å². The number of halogens is 2. The van der Waals surface area contributed by atoms with Crippen molar-refractivity contribution >= 4 is 40.6 Å². The SMILES string of the molecule is COc1ccc(N(C(N)=O)c2ccc(Cl)c(Cl)c2O)cc1. The molecule has 3 N–H and O–H groups in total. The topological polar surface area (TPSA) is 75.8 Å². The standard InChI is InChI=1S/C14H12Cl2N2O3/c1-21-9-4-2-8(3-5-9)18(14(17)20)11-7-6-10(15)12(16)13(11)19/h2-7,19H,1H3,(H2,17,20). The zero-order valence-corrected chi connectivity index (χ0v) is 12.5. The molecule has 0 aliphatic carbocycles. The first-order valence-electron chi connectivity index (χ1n) is 5.86. The van der Waals surface area contributed by atoms with E-state index in [9.17, 15) is 9.90 Å². The monoisotopic (exact) mass is 326 g/mol. The van der Waals surface area contributed by atoms with Gasteiger partial charge >= 0.3 is 6.03 Å². The molecule has 0 radical (unpaired) electrons. The lowest BCUT2D eigenvalue weighted by molar-refractivity contribution is 0.256. The summed E-state index contributed by atoms with van der Waals surface area (Å²) in [4.78, 5) is 12.9. The maximum Gasteiger partial charge on any atom is 0.324 e. The number of aromatic hydroxyl groups is 1. The number of hydrogen-bond donors (Lipinski definition) is 2. The van der Waals surface area contributed by atoms with Crippen LogP contribution < -0.4 is 15.4 Å². The number of amides is 2. The predicted octanol–water partition coefficient (Wildman–Crippen LogP) is 3.92. The fourth-order valence-electron chi connectivity index (χ4n) is 1.83. The van der Waals surface area contributed by atoms with Crippen molar-refractivity contribution in [1.29, 1.82) is 0 Å². The molecule has 0 fully saturated rings. The van der Waals surface area contributed by atoms with Gasteiger partial charge in [0.2, 0.25) is 0 Å². The van der Waals surface area contributed by atoms with E-state index in [2.05, 4.69) is 0 Å². The zero-order chi connectivity index (χ0) is 15.6. The fraction of sp³-hybridized carbons (Fsp3) is 0.0714. The molecule has 0 heterocycles. The van der Waals surface area contributed by atoms with Crippen molar-refractivity contribution in [1.82, 2.24) is 0 Å². The summed E-state index contributed by atoms with van der Waals surface area (Å²) in [5, 5.41) is 10.2. The quantitative estimate of drug-likeness (QED) is 0.897. The zero-order valence-electron chi connectivity index (χ0n) is 11.0. The van der Waals surface area contributed by atoms with Gasteiger partial charge in [-0.05, 0) is 36.4 Å². The number of carbonyl (C=O) groups excluding carboxylic acids is 1. The van der Waals surface area contributed by atoms with Crippen molar-refractivity contribution in [3.05, 3.63) is 46.4 Å². The van der Waals surface area contributed by atoms with Gasteiger partial charge in [0.05, 0.1) is 23.5 Å². The lowest BCUT2D eigenvalue weighted by Gasteiger charge is -2.22. The first kappa shape index (κ1) is 15.3. The smallest absolute Gasteiger partial charge is 0.324 e. The van der Waals surface area contributed by atoms with Gasteiger partial charge in [0.1, 0.15) is 10.8 Å². The third-order valence-corrected chi connectivity index (χ3v) is 3.63. The Kier molecular flexibility index (Phi) is 4.45. The van der Waals surface area contributed by atoms with Gasteiger partial charge in [-0.2, -0.15) is 0 Å². The van der Waals surface area contributed by atoms with E-state index in [0.29, 0.717) is 11.4 Å². The Bertz CT molecular complexity index is 675. The van der Waals surface area contributed by atoms with E-state index in [1.165, 1.54) is 19.2 Å². The van der Waals surface area contributed by atoms with E-state index in [1.54, 1.807) is 24.3 Å². The summed E-state index contributed by atoms with van der Waals surface area (Å²) in [6.07, 6.45) is 0. The Morgan fingerprint density at radius 1 is 1.19 bits per heavy atom. The summed E-state index contributed by atoms with van der Waals surface area (Å²) in [6, 6.07) is 8.75. The van der Waals surface area contributed by atoms with Crippen LogP contribution in [0.1, 0.15) is 0 Å². The molecule has 2 amide bonds. The van der Waals surface area contributed by atoms with E-state index in [4.69, 9.17) is 33.7 Å². The Balaban J connectivity index is 2.53. The lowest BCUT2D eigenvalue weighted by atomic mass is 10.2. The van der Waals surface area contributed by atoms with Crippen LogP contribution in [0.25, 0.3) is 0 Å². The molecule has 0 atom stereocenters. The minimum atomic E-state index is -0.770. The Morgan fingerprint density at radius 2 is 1.81 bits per heavy atom. The molecular formula is C14H12Cl2N2O3. The number of nitrogens with two attached hydrogens (primary N) is 1. The highest BCUT2D eigenvalue weighted by Gasteiger charge is 2.21. The van der Waals surface area contributed by atoms with E-state index in [0.717, 1.165) is 4.90 Å². The van der Waals surface area contributed by atoms with Crippen LogP contribution in [0.5, 0.6) is 11.5 Å². The van der Waals surface area contributed by atoms with Gasteiger partial charge in [-0.1, -0.05) is 23.2 Å². The van der Waals surface area contributed by atoms with Gasteiger partial charge in [0, 0.05) is 0 Å². The van der Waals surface area contributed by atoms with Crippen LogP contribution >= 0.6 is 23.2 Å². The van der Waals surface area contributed by atoms with Crippen molar-refractivity contribution in [3.63, 3.8) is 0 Å². The molecule has 2 aromatic carbocycles. The molecule has 0 aliphatic heterocycles. The largest absolute Gasteiger partial charge is 0.504 e. The summed E-state index contributed by atoms with van der Waals surface area (Å²) < 4.78 is 5.05. The van der Waals surface area contributed by atoms with Gasteiger partial charge in [0.25, 0.3) is 0 Å². The highest BCUT2D eigenvalue weighted by atomic mass is 35.5. The molecule has 0 spiro atoms. The number of urea groups is 1. The second-order valence-corrected chi connectivity index (χ2v) is 4.89.